The number of rotatable bonds is 11. The molecule has 204 valence electrons. The number of hydrogen-bond donors (Lipinski definition) is 4. The maximum Gasteiger partial charge on any atom is 0.247 e. The second kappa shape index (κ2) is 12.6. The van der Waals surface area contributed by atoms with Gasteiger partial charge in [-0.05, 0) is 48.6 Å². The Bertz CT molecular complexity index is 1460. The van der Waals surface area contributed by atoms with Crippen molar-refractivity contribution in [3.8, 4) is 0 Å². The zero-order chi connectivity index (χ0) is 27.9. The number of hydrogen-bond acceptors (Lipinski definition) is 4. The number of carbonyl (C=O) groups excluding carboxylic acids is 3. The van der Waals surface area contributed by atoms with E-state index in [4.69, 9.17) is 5.21 Å². The van der Waals surface area contributed by atoms with E-state index in [9.17, 15) is 14.4 Å². The molecule has 0 radical (unpaired) electrons. The highest BCUT2D eigenvalue weighted by Crippen LogP contribution is 2.31. The number of benzene rings is 3. The van der Waals surface area contributed by atoms with Crippen LogP contribution in [0.15, 0.2) is 72.8 Å². The maximum atomic E-state index is 13.6. The maximum absolute atomic E-state index is 13.6. The van der Waals surface area contributed by atoms with Gasteiger partial charge in [0.05, 0.1) is 0 Å². The molecule has 3 amide bonds. The summed E-state index contributed by atoms with van der Waals surface area (Å²) in [7, 11) is 0. The monoisotopic (exact) mass is 528 g/mol. The minimum atomic E-state index is -0.971. The Morgan fingerprint density at radius 3 is 2.26 bits per heavy atom. The van der Waals surface area contributed by atoms with Crippen LogP contribution in [0.3, 0.4) is 0 Å². The van der Waals surface area contributed by atoms with Crippen molar-refractivity contribution in [2.24, 2.45) is 11.8 Å². The van der Waals surface area contributed by atoms with Crippen LogP contribution in [0.4, 0.5) is 0 Å². The molecule has 0 aliphatic carbocycles. The van der Waals surface area contributed by atoms with Crippen LogP contribution < -0.4 is 16.1 Å². The molecule has 2 atom stereocenters. The van der Waals surface area contributed by atoms with Crippen molar-refractivity contribution >= 4 is 39.5 Å². The van der Waals surface area contributed by atoms with Crippen LogP contribution in [0.5, 0.6) is 0 Å². The van der Waals surface area contributed by atoms with Gasteiger partial charge in [0.25, 0.3) is 0 Å². The number of aryl methyl sites for hydroxylation is 1. The number of aromatic nitrogens is 1. The number of carbonyl (C=O) groups is 3. The van der Waals surface area contributed by atoms with Crippen LogP contribution >= 0.6 is 0 Å². The topological polar surface area (TPSA) is 112 Å². The van der Waals surface area contributed by atoms with Crippen molar-refractivity contribution in [2.45, 2.75) is 52.7 Å². The van der Waals surface area contributed by atoms with Crippen LogP contribution in [0.25, 0.3) is 21.8 Å². The molecule has 4 aromatic rings. The average Bonchev–Trinajstić information content (AvgIpc) is 3.27. The Morgan fingerprint density at radius 1 is 0.872 bits per heavy atom. The molecule has 8 nitrogen and oxygen atoms in total. The summed E-state index contributed by atoms with van der Waals surface area (Å²) in [6.07, 6.45) is 0.253. The van der Waals surface area contributed by atoms with Gasteiger partial charge >= 0.3 is 0 Å². The van der Waals surface area contributed by atoms with Crippen LogP contribution in [0.2, 0.25) is 0 Å². The van der Waals surface area contributed by atoms with Crippen LogP contribution in [0.1, 0.15) is 50.8 Å². The molecule has 0 aliphatic heterocycles. The highest BCUT2D eigenvalue weighted by Gasteiger charge is 2.29. The molecule has 4 rings (SSSR count). The Hall–Kier alpha value is -4.17. The molecule has 1 unspecified atom stereocenters. The van der Waals surface area contributed by atoms with Gasteiger partial charge in [-0.2, -0.15) is 0 Å². The summed E-state index contributed by atoms with van der Waals surface area (Å²) < 4.78 is 2.23. The average molecular weight is 529 g/mol. The molecule has 3 aromatic carbocycles. The van der Waals surface area contributed by atoms with Crippen molar-refractivity contribution in [1.82, 2.24) is 20.7 Å². The zero-order valence-corrected chi connectivity index (χ0v) is 22.6. The van der Waals surface area contributed by atoms with E-state index in [-0.39, 0.29) is 18.2 Å². The molecule has 0 bridgehead atoms. The highest BCUT2D eigenvalue weighted by atomic mass is 16.5. The van der Waals surface area contributed by atoms with Crippen LogP contribution in [0, 0.1) is 11.8 Å². The first-order valence-corrected chi connectivity index (χ1v) is 13.4. The lowest BCUT2D eigenvalue weighted by atomic mass is 9.92. The van der Waals surface area contributed by atoms with Crippen molar-refractivity contribution in [1.29, 1.82) is 0 Å². The largest absolute Gasteiger partial charge is 0.350 e. The SMILES string of the molecule is CCn1c2ccccc2c2cc(C(NC(=O)[C@@H](CC(=O)NO)CC(C)C)C(=O)NCc3ccccc3)ccc21. The summed E-state index contributed by atoms with van der Waals surface area (Å²) in [5.74, 6) is -1.97. The predicted octanol–water partition coefficient (Wildman–Crippen LogP) is 4.85. The number of fused-ring (bicyclic) bond motifs is 3. The lowest BCUT2D eigenvalue weighted by molar-refractivity contribution is -0.136. The van der Waals surface area contributed by atoms with Crippen molar-refractivity contribution in [2.75, 3.05) is 0 Å². The second-order valence-electron chi connectivity index (χ2n) is 10.2. The fraction of sp³-hybridized carbons (Fsp3) is 0.323. The molecule has 8 heteroatoms. The first kappa shape index (κ1) is 27.9. The summed E-state index contributed by atoms with van der Waals surface area (Å²) in [5.41, 5.74) is 5.36. The predicted molar refractivity (Wildman–Crippen MR) is 152 cm³/mol. The fourth-order valence-electron chi connectivity index (χ4n) is 5.16. The van der Waals surface area contributed by atoms with Crippen LogP contribution in [-0.4, -0.2) is 27.5 Å². The lowest BCUT2D eigenvalue weighted by Gasteiger charge is -2.23. The molecule has 0 saturated heterocycles. The molecule has 0 aliphatic rings. The lowest BCUT2D eigenvalue weighted by Crippen LogP contribution is -2.43. The number of hydroxylamine groups is 1. The third-order valence-electron chi connectivity index (χ3n) is 6.99. The van der Waals surface area contributed by atoms with Crippen LogP contribution in [-0.2, 0) is 27.5 Å². The smallest absolute Gasteiger partial charge is 0.247 e. The van der Waals surface area contributed by atoms with Gasteiger partial charge in [0.2, 0.25) is 17.7 Å². The number of amides is 3. The standard InChI is InChI=1S/C31H36N4O4/c1-4-35-26-13-9-8-12-24(26)25-17-22(14-15-27(25)35)29(31(38)32-19-21-10-6-5-7-11-21)33-30(37)23(16-20(2)3)18-28(36)34-39/h5-15,17,20,23,29,39H,4,16,18-19H2,1-3H3,(H,32,38)(H,33,37)(H,34,36)/t23-,29?/m1/s1. The normalized spacial score (nSPS) is 12.8. The van der Waals surface area contributed by atoms with E-state index >= 15 is 0 Å². The van der Waals surface area contributed by atoms with Crippen molar-refractivity contribution in [3.63, 3.8) is 0 Å². The molecule has 0 saturated carbocycles. The Morgan fingerprint density at radius 2 is 1.56 bits per heavy atom. The summed E-state index contributed by atoms with van der Waals surface area (Å²) in [6, 6.07) is 22.5. The van der Waals surface area contributed by atoms with Crippen molar-refractivity contribution < 1.29 is 19.6 Å². The first-order valence-electron chi connectivity index (χ1n) is 13.4. The van der Waals surface area contributed by atoms with E-state index in [1.54, 1.807) is 5.48 Å². The summed E-state index contributed by atoms with van der Waals surface area (Å²) in [4.78, 5) is 39.0. The number of nitrogens with one attached hydrogen (secondary N) is 3. The molecule has 39 heavy (non-hydrogen) atoms. The Kier molecular flexibility index (Phi) is 8.99. The molecule has 1 heterocycles. The summed E-state index contributed by atoms with van der Waals surface area (Å²) >= 11 is 0. The minimum absolute atomic E-state index is 0.133. The highest BCUT2D eigenvalue weighted by molar-refractivity contribution is 6.08. The summed E-state index contributed by atoms with van der Waals surface area (Å²) in [6.45, 7) is 7.12. The van der Waals surface area contributed by atoms with Gasteiger partial charge in [-0.15, -0.1) is 0 Å². The minimum Gasteiger partial charge on any atom is -0.350 e. The van der Waals surface area contributed by atoms with E-state index in [2.05, 4.69) is 34.3 Å². The molecule has 0 spiro atoms. The van der Waals surface area contributed by atoms with Gasteiger partial charge in [0, 0.05) is 47.2 Å². The van der Waals surface area contributed by atoms with Gasteiger partial charge in [-0.3, -0.25) is 19.6 Å². The van der Waals surface area contributed by atoms with E-state index in [0.29, 0.717) is 18.5 Å². The van der Waals surface area contributed by atoms with Gasteiger partial charge in [-0.25, -0.2) is 5.48 Å². The van der Waals surface area contributed by atoms with Gasteiger partial charge in [0.15, 0.2) is 0 Å². The van der Waals surface area contributed by atoms with Gasteiger partial charge < -0.3 is 15.2 Å². The molecule has 1 aromatic heterocycles. The summed E-state index contributed by atoms with van der Waals surface area (Å²) in [5, 5.41) is 17.0. The number of nitrogens with zero attached hydrogens (tertiary/aromatic N) is 1. The third kappa shape index (κ3) is 6.46. The second-order valence-corrected chi connectivity index (χ2v) is 10.2. The Labute approximate surface area is 228 Å². The van der Waals surface area contributed by atoms with Crippen molar-refractivity contribution in [3.05, 3.63) is 83.9 Å². The van der Waals surface area contributed by atoms with Gasteiger partial charge in [0.1, 0.15) is 6.04 Å². The zero-order valence-electron chi connectivity index (χ0n) is 22.6. The first-order chi connectivity index (χ1) is 18.8. The van der Waals surface area contributed by atoms with Gasteiger partial charge in [-0.1, -0.05) is 68.4 Å². The van der Waals surface area contributed by atoms with E-state index in [1.165, 1.54) is 0 Å². The quantitative estimate of drug-likeness (QED) is 0.165. The molecular formula is C31H36N4O4. The molecule has 0 fully saturated rings. The van der Waals surface area contributed by atoms with E-state index in [0.717, 1.165) is 33.9 Å². The van der Waals surface area contributed by atoms with E-state index < -0.39 is 23.8 Å². The number of para-hydroxylation sites is 1. The molecule has 4 N–H and O–H groups in total. The Balaban J connectivity index is 1.70. The third-order valence-corrected chi connectivity index (χ3v) is 6.99. The van der Waals surface area contributed by atoms with E-state index in [1.807, 2.05) is 74.5 Å². The fourth-order valence-corrected chi connectivity index (χ4v) is 5.16. The molecular weight excluding hydrogens is 492 g/mol.